The third-order valence-electron chi connectivity index (χ3n) is 4.51. The topological polar surface area (TPSA) is 125 Å². The van der Waals surface area contributed by atoms with E-state index in [-0.39, 0.29) is 37.1 Å². The summed E-state index contributed by atoms with van der Waals surface area (Å²) in [6.45, 7) is 3.60. The van der Waals surface area contributed by atoms with Crippen LogP contribution in [-0.2, 0) is 28.7 Å². The molecule has 2 unspecified atom stereocenters. The summed E-state index contributed by atoms with van der Waals surface area (Å²) in [5.41, 5.74) is 0. The second-order valence-electron chi connectivity index (χ2n) is 6.44. The second-order valence-corrected chi connectivity index (χ2v) is 6.44. The van der Waals surface area contributed by atoms with Crippen molar-refractivity contribution in [3.8, 4) is 0 Å². The van der Waals surface area contributed by atoms with Crippen molar-refractivity contribution in [3.63, 3.8) is 0 Å². The number of methoxy groups -OCH3 is 1. The zero-order chi connectivity index (χ0) is 21.3. The van der Waals surface area contributed by atoms with Gasteiger partial charge in [0.25, 0.3) is 0 Å². The lowest BCUT2D eigenvalue weighted by Crippen LogP contribution is -2.50. The minimum atomic E-state index is -0.997. The fraction of sp³-hybridized carbons (Fsp3) is 0.611. The molecule has 0 saturated carbocycles. The first-order valence-electron chi connectivity index (χ1n) is 9.00. The lowest BCUT2D eigenvalue weighted by atomic mass is 10.1. The van der Waals surface area contributed by atoms with Crippen LogP contribution in [0.5, 0.6) is 0 Å². The summed E-state index contributed by atoms with van der Waals surface area (Å²) in [4.78, 5) is 62.6. The monoisotopic (exact) mass is 396 g/mol. The molecule has 1 saturated heterocycles. The summed E-state index contributed by atoms with van der Waals surface area (Å²) in [7, 11) is 4.11. The molecule has 2 N–H and O–H groups in total. The molecule has 1 aliphatic heterocycles. The number of ether oxygens (including phenoxy) is 1. The van der Waals surface area contributed by atoms with Gasteiger partial charge >= 0.3 is 5.97 Å². The van der Waals surface area contributed by atoms with Crippen LogP contribution in [0.1, 0.15) is 25.7 Å². The number of carbonyl (C=O) groups excluding carboxylic acids is 5. The van der Waals surface area contributed by atoms with E-state index in [1.807, 2.05) is 0 Å². The highest BCUT2D eigenvalue weighted by atomic mass is 16.5. The van der Waals surface area contributed by atoms with Crippen molar-refractivity contribution in [2.75, 3.05) is 34.3 Å². The van der Waals surface area contributed by atoms with Crippen molar-refractivity contribution in [2.24, 2.45) is 0 Å². The molecule has 0 aromatic carbocycles. The largest absolute Gasteiger partial charge is 0.467 e. The van der Waals surface area contributed by atoms with Gasteiger partial charge in [0.05, 0.1) is 13.7 Å². The third-order valence-corrected chi connectivity index (χ3v) is 4.51. The number of nitrogens with one attached hydrogen (secondary N) is 2. The van der Waals surface area contributed by atoms with Gasteiger partial charge in [0.2, 0.25) is 23.6 Å². The Labute approximate surface area is 164 Å². The summed E-state index contributed by atoms with van der Waals surface area (Å²) < 4.78 is 4.65. The van der Waals surface area contributed by atoms with Crippen molar-refractivity contribution in [1.29, 1.82) is 0 Å². The molecule has 0 aromatic rings. The zero-order valence-corrected chi connectivity index (χ0v) is 16.5. The Bertz CT molecular complexity index is 636. The molecule has 1 heterocycles. The van der Waals surface area contributed by atoms with Gasteiger partial charge in [0.1, 0.15) is 12.1 Å². The lowest BCUT2D eigenvalue weighted by molar-refractivity contribution is -0.146. The van der Waals surface area contributed by atoms with E-state index in [0.29, 0.717) is 19.4 Å². The van der Waals surface area contributed by atoms with Crippen LogP contribution in [0.3, 0.4) is 0 Å². The van der Waals surface area contributed by atoms with Crippen LogP contribution >= 0.6 is 0 Å². The number of esters is 1. The van der Waals surface area contributed by atoms with Crippen LogP contribution in [0.2, 0.25) is 0 Å². The highest BCUT2D eigenvalue weighted by Gasteiger charge is 2.35. The number of hydrogen-bond donors (Lipinski definition) is 2. The van der Waals surface area contributed by atoms with Crippen molar-refractivity contribution in [1.82, 2.24) is 20.4 Å². The lowest BCUT2D eigenvalue weighted by Gasteiger charge is -2.27. The normalized spacial score (nSPS) is 16.7. The predicted octanol–water partition coefficient (Wildman–Crippen LogP) is -1.19. The fourth-order valence-corrected chi connectivity index (χ4v) is 2.98. The van der Waals surface area contributed by atoms with Gasteiger partial charge in [-0.1, -0.05) is 6.58 Å². The molecule has 0 bridgehead atoms. The van der Waals surface area contributed by atoms with Crippen LogP contribution in [0, 0.1) is 0 Å². The van der Waals surface area contributed by atoms with Gasteiger partial charge in [-0.3, -0.25) is 19.2 Å². The van der Waals surface area contributed by atoms with Crippen molar-refractivity contribution in [2.45, 2.75) is 37.8 Å². The quantitative estimate of drug-likeness (QED) is 0.373. The third kappa shape index (κ3) is 6.36. The molecule has 1 rings (SSSR count). The Morgan fingerprint density at radius 1 is 1.29 bits per heavy atom. The van der Waals surface area contributed by atoms with Gasteiger partial charge in [-0.05, 0) is 25.3 Å². The predicted molar refractivity (Wildman–Crippen MR) is 99.8 cm³/mol. The van der Waals surface area contributed by atoms with Crippen LogP contribution in [0.4, 0.5) is 0 Å². The number of likely N-dealkylation sites (N-methyl/N-ethyl adjacent to an activating group) is 1. The Hall–Kier alpha value is -2.91. The van der Waals surface area contributed by atoms with E-state index in [0.717, 1.165) is 6.08 Å². The van der Waals surface area contributed by atoms with E-state index in [2.05, 4.69) is 21.9 Å². The zero-order valence-electron chi connectivity index (χ0n) is 16.5. The first-order valence-corrected chi connectivity index (χ1v) is 9.00. The summed E-state index contributed by atoms with van der Waals surface area (Å²) in [5, 5.41) is 4.92. The van der Waals surface area contributed by atoms with Gasteiger partial charge in [-0.25, -0.2) is 4.79 Å². The van der Waals surface area contributed by atoms with Gasteiger partial charge in [-0.15, -0.1) is 0 Å². The molecule has 2 atom stereocenters. The van der Waals surface area contributed by atoms with Gasteiger partial charge in [0, 0.05) is 27.1 Å². The summed E-state index contributed by atoms with van der Waals surface area (Å²) >= 11 is 0. The Morgan fingerprint density at radius 2 is 1.96 bits per heavy atom. The second kappa shape index (κ2) is 11.1. The number of hydrogen-bond acceptors (Lipinski definition) is 6. The van der Waals surface area contributed by atoms with E-state index in [1.54, 1.807) is 0 Å². The van der Waals surface area contributed by atoms with E-state index in [4.69, 9.17) is 0 Å². The smallest absolute Gasteiger partial charge is 0.328 e. The maximum atomic E-state index is 12.6. The minimum absolute atomic E-state index is 0.0337. The van der Waals surface area contributed by atoms with Gasteiger partial charge < -0.3 is 25.2 Å². The molecule has 10 heteroatoms. The van der Waals surface area contributed by atoms with Gasteiger partial charge in [0.15, 0.2) is 0 Å². The Balaban J connectivity index is 2.66. The van der Waals surface area contributed by atoms with Crippen LogP contribution in [-0.4, -0.2) is 85.8 Å². The summed E-state index contributed by atoms with van der Waals surface area (Å²) in [5.74, 6) is -2.20. The number of likely N-dealkylation sites (tertiary alicyclic amines) is 1. The summed E-state index contributed by atoms with van der Waals surface area (Å²) in [6, 6.07) is -1.63. The molecule has 156 valence electrons. The first kappa shape index (κ1) is 23.1. The maximum absolute atomic E-state index is 12.6. The van der Waals surface area contributed by atoms with Crippen molar-refractivity contribution in [3.05, 3.63) is 12.7 Å². The molecule has 1 fully saturated rings. The first-order chi connectivity index (χ1) is 13.2. The van der Waals surface area contributed by atoms with E-state index in [9.17, 15) is 24.0 Å². The van der Waals surface area contributed by atoms with E-state index >= 15 is 0 Å². The highest BCUT2D eigenvalue weighted by Crippen LogP contribution is 2.19. The van der Waals surface area contributed by atoms with Crippen LogP contribution in [0.25, 0.3) is 0 Å². The minimum Gasteiger partial charge on any atom is -0.467 e. The summed E-state index contributed by atoms with van der Waals surface area (Å²) in [6.07, 6.45) is 2.47. The molecule has 0 spiro atoms. The number of rotatable bonds is 9. The molecule has 0 radical (unpaired) electrons. The van der Waals surface area contributed by atoms with E-state index in [1.165, 1.54) is 31.0 Å². The molecule has 0 aliphatic carbocycles. The molecule has 0 aromatic heterocycles. The van der Waals surface area contributed by atoms with Crippen molar-refractivity contribution >= 4 is 29.6 Å². The number of carbonyl (C=O) groups is 5. The average molecular weight is 396 g/mol. The number of amides is 4. The average Bonchev–Trinajstić information content (AvgIpc) is 3.18. The number of nitrogens with zero attached hydrogens (tertiary/aromatic N) is 2. The molecule has 4 amide bonds. The van der Waals surface area contributed by atoms with Crippen LogP contribution in [0.15, 0.2) is 12.7 Å². The SMILES string of the molecule is C=CC(=O)N1CCCC1C(=O)N(C)CC(=O)NC(CCC(=O)NC)C(=O)OC. The van der Waals surface area contributed by atoms with Crippen molar-refractivity contribution < 1.29 is 28.7 Å². The van der Waals surface area contributed by atoms with Gasteiger partial charge in [-0.2, -0.15) is 0 Å². The molecular weight excluding hydrogens is 368 g/mol. The Kier molecular flexibility index (Phi) is 9.13. The van der Waals surface area contributed by atoms with E-state index < -0.39 is 24.0 Å². The molecule has 10 nitrogen and oxygen atoms in total. The Morgan fingerprint density at radius 3 is 2.54 bits per heavy atom. The molecule has 28 heavy (non-hydrogen) atoms. The maximum Gasteiger partial charge on any atom is 0.328 e. The van der Waals surface area contributed by atoms with Crippen LogP contribution < -0.4 is 10.6 Å². The standard InChI is InChI=1S/C18H28N4O6/c1-5-16(25)22-10-6-7-13(22)17(26)21(3)11-15(24)20-12(18(27)28-4)8-9-14(23)19-2/h5,12-13H,1,6-11H2,2-4H3,(H,19,23)(H,20,24). The molecule has 1 aliphatic rings. The molecular formula is C18H28N4O6. The fourth-order valence-electron chi connectivity index (χ4n) is 2.98. The highest BCUT2D eigenvalue weighted by molar-refractivity contribution is 5.94.